The Morgan fingerprint density at radius 3 is 2.87 bits per heavy atom. The summed E-state index contributed by atoms with van der Waals surface area (Å²) in [5.41, 5.74) is 3.19. The van der Waals surface area contributed by atoms with E-state index in [1.807, 2.05) is 17.0 Å². The molecule has 5 rings (SSSR count). The van der Waals surface area contributed by atoms with Crippen LogP contribution in [0.15, 0.2) is 36.8 Å². The van der Waals surface area contributed by atoms with Gasteiger partial charge in [0.25, 0.3) is 11.7 Å². The minimum atomic E-state index is -3.30. The number of piperidine rings is 1. The molecule has 0 N–H and O–H groups in total. The highest BCUT2D eigenvalue weighted by atomic mass is 32.2. The van der Waals surface area contributed by atoms with E-state index in [9.17, 15) is 13.2 Å². The van der Waals surface area contributed by atoms with Gasteiger partial charge >= 0.3 is 0 Å². The van der Waals surface area contributed by atoms with Crippen molar-refractivity contribution in [3.05, 3.63) is 53.6 Å². The molecule has 1 fully saturated rings. The second-order valence-corrected chi connectivity index (χ2v) is 9.77. The molecule has 0 saturated carbocycles. The first-order valence-electron chi connectivity index (χ1n) is 9.96. The monoisotopic (exact) mass is 426 g/mol. The van der Waals surface area contributed by atoms with Gasteiger partial charge in [-0.05, 0) is 49.1 Å². The predicted molar refractivity (Wildman–Crippen MR) is 111 cm³/mol. The normalized spacial score (nSPS) is 19.3. The lowest BCUT2D eigenvalue weighted by Gasteiger charge is -2.33. The van der Waals surface area contributed by atoms with E-state index in [0.717, 1.165) is 24.1 Å². The van der Waals surface area contributed by atoms with Crippen LogP contribution in [0.5, 0.6) is 0 Å². The first kappa shape index (κ1) is 19.0. The van der Waals surface area contributed by atoms with Crippen LogP contribution in [-0.2, 0) is 16.4 Å². The van der Waals surface area contributed by atoms with E-state index in [-0.39, 0.29) is 11.8 Å². The molecule has 30 heavy (non-hydrogen) atoms. The lowest BCUT2D eigenvalue weighted by atomic mass is 9.94. The fourth-order valence-corrected chi connectivity index (χ4v) is 5.46. The Labute approximate surface area is 174 Å². The van der Waals surface area contributed by atoms with Crippen molar-refractivity contribution < 1.29 is 13.2 Å². The van der Waals surface area contributed by atoms with E-state index < -0.39 is 10.0 Å². The van der Waals surface area contributed by atoms with Crippen molar-refractivity contribution in [3.63, 3.8) is 0 Å². The maximum Gasteiger partial charge on any atom is 0.253 e. The van der Waals surface area contributed by atoms with Gasteiger partial charge in [-0.15, -0.1) is 0 Å². The maximum atomic E-state index is 13.2. The highest BCUT2D eigenvalue weighted by Gasteiger charge is 2.30. The molecule has 10 heteroatoms. The number of likely N-dealkylation sites (tertiary alicyclic amines) is 1. The van der Waals surface area contributed by atoms with Gasteiger partial charge in [-0.25, -0.2) is 17.9 Å². The van der Waals surface area contributed by atoms with Crippen molar-refractivity contribution in [3.8, 4) is 0 Å². The third kappa shape index (κ3) is 3.20. The Kier molecular flexibility index (Phi) is 4.46. The lowest BCUT2D eigenvalue weighted by Crippen LogP contribution is -2.39. The Bertz CT molecular complexity index is 1240. The lowest BCUT2D eigenvalue weighted by molar-refractivity contribution is 0.0705. The Morgan fingerprint density at radius 2 is 2.03 bits per heavy atom. The summed E-state index contributed by atoms with van der Waals surface area (Å²) in [4.78, 5) is 23.5. The van der Waals surface area contributed by atoms with Gasteiger partial charge in [0.1, 0.15) is 6.33 Å². The van der Waals surface area contributed by atoms with Crippen LogP contribution in [0, 0.1) is 0 Å². The van der Waals surface area contributed by atoms with Crippen LogP contribution in [0.25, 0.3) is 5.78 Å². The highest BCUT2D eigenvalue weighted by molar-refractivity contribution is 7.92. The summed E-state index contributed by atoms with van der Waals surface area (Å²) >= 11 is 0. The summed E-state index contributed by atoms with van der Waals surface area (Å²) in [7, 11) is -3.30. The maximum absolute atomic E-state index is 13.2. The van der Waals surface area contributed by atoms with E-state index in [1.165, 1.54) is 16.9 Å². The van der Waals surface area contributed by atoms with Crippen molar-refractivity contribution in [2.75, 3.05) is 30.2 Å². The standard InChI is InChI=1S/C20H22N6O3S/c1-30(28,29)25-10-7-14-11-15(4-5-17(14)25)19(27)24-9-2-3-16(12-24)18-6-8-21-20-22-13-23-26(18)20/h4-6,8,11,13,16H,2-3,7,9-10,12H2,1H3/t16-/m0/s1. The fraction of sp³-hybridized carbons (Fsp3) is 0.400. The molecule has 0 bridgehead atoms. The van der Waals surface area contributed by atoms with Crippen molar-refractivity contribution in [1.82, 2.24) is 24.5 Å². The minimum Gasteiger partial charge on any atom is -0.338 e. The van der Waals surface area contributed by atoms with Gasteiger partial charge < -0.3 is 4.90 Å². The first-order valence-corrected chi connectivity index (χ1v) is 11.8. The molecular weight excluding hydrogens is 404 g/mol. The van der Waals surface area contributed by atoms with Gasteiger partial charge in [0, 0.05) is 37.3 Å². The van der Waals surface area contributed by atoms with Crippen LogP contribution < -0.4 is 4.31 Å². The molecule has 2 aromatic heterocycles. The third-order valence-corrected chi connectivity index (χ3v) is 7.10. The van der Waals surface area contributed by atoms with Crippen molar-refractivity contribution in [2.24, 2.45) is 0 Å². The topological polar surface area (TPSA) is 101 Å². The van der Waals surface area contributed by atoms with Gasteiger partial charge in [0.05, 0.1) is 17.6 Å². The van der Waals surface area contributed by atoms with Gasteiger partial charge in [0.2, 0.25) is 10.0 Å². The quantitative estimate of drug-likeness (QED) is 0.629. The molecule has 3 aromatic rings. The molecule has 1 amide bonds. The molecule has 9 nitrogen and oxygen atoms in total. The zero-order chi connectivity index (χ0) is 20.9. The molecule has 0 aliphatic carbocycles. The van der Waals surface area contributed by atoms with E-state index in [4.69, 9.17) is 0 Å². The first-order chi connectivity index (χ1) is 14.4. The van der Waals surface area contributed by atoms with Crippen molar-refractivity contribution >= 4 is 27.4 Å². The Hall–Kier alpha value is -3.01. The summed E-state index contributed by atoms with van der Waals surface area (Å²) in [5.74, 6) is 0.694. The number of nitrogens with zero attached hydrogens (tertiary/aromatic N) is 6. The van der Waals surface area contributed by atoms with E-state index in [1.54, 1.807) is 22.8 Å². The molecule has 2 aliphatic rings. The third-order valence-electron chi connectivity index (χ3n) is 5.92. The van der Waals surface area contributed by atoms with Crippen LogP contribution in [0.2, 0.25) is 0 Å². The van der Waals surface area contributed by atoms with Crippen LogP contribution >= 0.6 is 0 Å². The van der Waals surface area contributed by atoms with Gasteiger partial charge in [0.15, 0.2) is 0 Å². The second-order valence-electron chi connectivity index (χ2n) is 7.86. The molecular formula is C20H22N6O3S. The van der Waals surface area contributed by atoms with Crippen LogP contribution in [0.4, 0.5) is 5.69 Å². The Morgan fingerprint density at radius 1 is 1.17 bits per heavy atom. The molecule has 2 aliphatic heterocycles. The number of sulfonamides is 1. The number of anilines is 1. The molecule has 4 heterocycles. The number of hydrogen-bond donors (Lipinski definition) is 0. The predicted octanol–water partition coefficient (Wildman–Crippen LogP) is 1.47. The summed E-state index contributed by atoms with van der Waals surface area (Å²) in [6.45, 7) is 1.73. The fourth-order valence-electron chi connectivity index (χ4n) is 4.50. The molecule has 1 aromatic carbocycles. The van der Waals surface area contributed by atoms with Crippen molar-refractivity contribution in [2.45, 2.75) is 25.2 Å². The van der Waals surface area contributed by atoms with E-state index >= 15 is 0 Å². The largest absolute Gasteiger partial charge is 0.338 e. The zero-order valence-corrected chi connectivity index (χ0v) is 17.4. The van der Waals surface area contributed by atoms with E-state index in [2.05, 4.69) is 15.1 Å². The number of carbonyl (C=O) groups is 1. The average Bonchev–Trinajstić information content (AvgIpc) is 3.39. The number of benzene rings is 1. The highest BCUT2D eigenvalue weighted by Crippen LogP contribution is 2.32. The number of amides is 1. The van der Waals surface area contributed by atoms with Crippen LogP contribution in [0.3, 0.4) is 0 Å². The van der Waals surface area contributed by atoms with Gasteiger partial charge in [-0.3, -0.25) is 9.10 Å². The number of hydrogen-bond acceptors (Lipinski definition) is 6. The summed E-state index contributed by atoms with van der Waals surface area (Å²) < 4.78 is 27.0. The smallest absolute Gasteiger partial charge is 0.253 e. The van der Waals surface area contributed by atoms with Gasteiger partial charge in [-0.2, -0.15) is 10.1 Å². The van der Waals surface area contributed by atoms with Crippen LogP contribution in [-0.4, -0.2) is 64.7 Å². The van der Waals surface area contributed by atoms with E-state index in [0.29, 0.717) is 43.1 Å². The minimum absolute atomic E-state index is 0.0239. The Balaban J connectivity index is 1.39. The average molecular weight is 427 g/mol. The molecule has 0 radical (unpaired) electrons. The number of rotatable bonds is 3. The molecule has 1 atom stereocenters. The SMILES string of the molecule is CS(=O)(=O)N1CCc2cc(C(=O)N3CCC[C@H](c4ccnc5ncnn45)C3)ccc21. The van der Waals surface area contributed by atoms with Crippen LogP contribution in [0.1, 0.15) is 40.4 Å². The van der Waals surface area contributed by atoms with Gasteiger partial charge in [-0.1, -0.05) is 0 Å². The number of fused-ring (bicyclic) bond motifs is 2. The molecule has 156 valence electrons. The second kappa shape index (κ2) is 7.05. The molecule has 1 saturated heterocycles. The summed E-state index contributed by atoms with van der Waals surface area (Å²) in [5, 5.41) is 4.27. The summed E-state index contributed by atoms with van der Waals surface area (Å²) in [6, 6.07) is 7.26. The zero-order valence-electron chi connectivity index (χ0n) is 16.6. The van der Waals surface area contributed by atoms with Crippen molar-refractivity contribution in [1.29, 1.82) is 0 Å². The number of carbonyl (C=O) groups excluding carboxylic acids is 1. The molecule has 0 unspecified atom stereocenters. The summed E-state index contributed by atoms with van der Waals surface area (Å²) in [6.07, 6.45) is 6.92. The molecule has 0 spiro atoms. The number of aromatic nitrogens is 4.